The molecule has 0 aliphatic carbocycles. The highest BCUT2D eigenvalue weighted by atomic mass is 32.1. The van der Waals surface area contributed by atoms with Gasteiger partial charge in [0.25, 0.3) is 0 Å². The van der Waals surface area contributed by atoms with E-state index in [9.17, 15) is 0 Å². The minimum Gasteiger partial charge on any atom is -0.256 e. The van der Waals surface area contributed by atoms with Crippen molar-refractivity contribution in [1.29, 1.82) is 0 Å². The lowest BCUT2D eigenvalue weighted by Crippen LogP contribution is -1.89. The normalized spacial score (nSPS) is 11.3. The molecule has 0 aliphatic heterocycles. The third-order valence-corrected chi connectivity index (χ3v) is 4.65. The Labute approximate surface area is 127 Å². The van der Waals surface area contributed by atoms with E-state index in [1.54, 1.807) is 11.3 Å². The first-order chi connectivity index (χ1) is 10.2. The van der Waals surface area contributed by atoms with Gasteiger partial charge in [0.1, 0.15) is 0 Å². The molecule has 4 rings (SSSR count). The average Bonchev–Trinajstić information content (AvgIpc) is 2.94. The lowest BCUT2D eigenvalue weighted by molar-refractivity contribution is 1.29. The van der Waals surface area contributed by atoms with Crippen molar-refractivity contribution in [3.8, 4) is 11.3 Å². The van der Waals surface area contributed by atoms with Gasteiger partial charge in [-0.1, -0.05) is 0 Å². The summed E-state index contributed by atoms with van der Waals surface area (Å²) < 4.78 is 1.25. The summed E-state index contributed by atoms with van der Waals surface area (Å²) in [5, 5.41) is 4.55. The Morgan fingerprint density at radius 1 is 0.952 bits per heavy atom. The van der Waals surface area contributed by atoms with E-state index in [0.29, 0.717) is 0 Å². The molecule has 1 aromatic carbocycles. The number of fused-ring (bicyclic) bond motifs is 3. The highest BCUT2D eigenvalue weighted by molar-refractivity contribution is 7.18. The van der Waals surface area contributed by atoms with Gasteiger partial charge in [0.15, 0.2) is 0 Å². The molecule has 0 unspecified atom stereocenters. The number of rotatable bonds is 1. The van der Waals surface area contributed by atoms with E-state index in [4.69, 9.17) is 0 Å². The molecule has 102 valence electrons. The van der Waals surface area contributed by atoms with Crippen molar-refractivity contribution in [3.63, 3.8) is 0 Å². The van der Waals surface area contributed by atoms with E-state index in [2.05, 4.69) is 53.5 Å². The van der Waals surface area contributed by atoms with Crippen molar-refractivity contribution in [1.82, 2.24) is 9.97 Å². The van der Waals surface area contributed by atoms with Crippen LogP contribution in [0.15, 0.2) is 48.1 Å². The first-order valence-electron chi connectivity index (χ1n) is 6.92. The summed E-state index contributed by atoms with van der Waals surface area (Å²) in [6.45, 7) is 4.18. The highest BCUT2D eigenvalue weighted by Crippen LogP contribution is 2.36. The number of nitrogens with zero attached hydrogens (tertiary/aromatic N) is 2. The summed E-state index contributed by atoms with van der Waals surface area (Å²) in [6, 6.07) is 10.8. The Balaban J connectivity index is 2.17. The molecule has 0 bridgehead atoms. The quantitative estimate of drug-likeness (QED) is 0.486. The van der Waals surface area contributed by atoms with Crippen LogP contribution in [0.1, 0.15) is 11.1 Å². The van der Waals surface area contributed by atoms with Gasteiger partial charge < -0.3 is 0 Å². The number of hydrogen-bond donors (Lipinski definition) is 0. The minimum atomic E-state index is 1.01. The van der Waals surface area contributed by atoms with E-state index < -0.39 is 0 Å². The van der Waals surface area contributed by atoms with Crippen LogP contribution in [0, 0.1) is 13.8 Å². The molecule has 0 aliphatic rings. The molecule has 21 heavy (non-hydrogen) atoms. The zero-order chi connectivity index (χ0) is 14.4. The fourth-order valence-electron chi connectivity index (χ4n) is 2.71. The van der Waals surface area contributed by atoms with Crippen LogP contribution in [0.4, 0.5) is 0 Å². The Morgan fingerprint density at radius 2 is 1.86 bits per heavy atom. The highest BCUT2D eigenvalue weighted by Gasteiger charge is 2.11. The van der Waals surface area contributed by atoms with Crippen molar-refractivity contribution in [3.05, 3.63) is 59.2 Å². The summed E-state index contributed by atoms with van der Waals surface area (Å²) in [5.41, 5.74) is 5.65. The third kappa shape index (κ3) is 2.01. The number of pyridine rings is 2. The van der Waals surface area contributed by atoms with Gasteiger partial charge in [-0.2, -0.15) is 0 Å². The summed E-state index contributed by atoms with van der Waals surface area (Å²) in [5.74, 6) is 0. The smallest absolute Gasteiger partial charge is 0.0887 e. The van der Waals surface area contributed by atoms with Gasteiger partial charge in [0.05, 0.1) is 15.9 Å². The average molecular weight is 290 g/mol. The number of hydrogen-bond acceptors (Lipinski definition) is 3. The lowest BCUT2D eigenvalue weighted by Gasteiger charge is -2.09. The monoisotopic (exact) mass is 290 g/mol. The van der Waals surface area contributed by atoms with E-state index in [1.165, 1.54) is 26.6 Å². The Hall–Kier alpha value is -2.26. The Bertz CT molecular complexity index is 969. The summed E-state index contributed by atoms with van der Waals surface area (Å²) in [6.07, 6.45) is 3.81. The molecular formula is C18H14N2S. The van der Waals surface area contributed by atoms with Gasteiger partial charge in [0, 0.05) is 23.3 Å². The molecule has 3 aromatic heterocycles. The molecule has 0 radical (unpaired) electrons. The van der Waals surface area contributed by atoms with Crippen LogP contribution in [0.2, 0.25) is 0 Å². The van der Waals surface area contributed by atoms with Gasteiger partial charge >= 0.3 is 0 Å². The van der Waals surface area contributed by atoms with Gasteiger partial charge in [0.2, 0.25) is 0 Å². The van der Waals surface area contributed by atoms with E-state index in [1.807, 2.05) is 18.5 Å². The van der Waals surface area contributed by atoms with Crippen LogP contribution in [-0.4, -0.2) is 9.97 Å². The molecule has 0 fully saturated rings. The number of aromatic nitrogens is 2. The molecule has 0 spiro atoms. The van der Waals surface area contributed by atoms with Crippen molar-refractivity contribution < 1.29 is 0 Å². The van der Waals surface area contributed by atoms with Crippen molar-refractivity contribution in [2.45, 2.75) is 13.8 Å². The van der Waals surface area contributed by atoms with E-state index in [-0.39, 0.29) is 0 Å². The van der Waals surface area contributed by atoms with Crippen LogP contribution in [0.3, 0.4) is 0 Å². The fraction of sp³-hybridized carbons (Fsp3) is 0.111. The standard InChI is InChI=1S/C18H14N2S/c1-11-3-5-19-16(8-11)14-9-13-4-6-21-18(13)17-15(14)7-12(2)10-20-17/h3-10H,1-2H3. The summed E-state index contributed by atoms with van der Waals surface area (Å²) in [4.78, 5) is 9.23. The maximum absolute atomic E-state index is 4.67. The summed E-state index contributed by atoms with van der Waals surface area (Å²) in [7, 11) is 0. The van der Waals surface area contributed by atoms with Crippen LogP contribution in [0.5, 0.6) is 0 Å². The SMILES string of the molecule is Cc1ccnc(-c2cc3ccsc3c3ncc(C)cc23)c1. The van der Waals surface area contributed by atoms with Crippen LogP contribution in [0.25, 0.3) is 32.2 Å². The van der Waals surface area contributed by atoms with Crippen molar-refractivity contribution in [2.75, 3.05) is 0 Å². The Kier molecular flexibility index (Phi) is 2.76. The topological polar surface area (TPSA) is 25.8 Å². The van der Waals surface area contributed by atoms with Crippen LogP contribution >= 0.6 is 11.3 Å². The van der Waals surface area contributed by atoms with Gasteiger partial charge in [-0.05, 0) is 66.1 Å². The molecule has 3 heterocycles. The number of benzene rings is 1. The second kappa shape index (κ2) is 4.64. The molecule has 0 N–H and O–H groups in total. The predicted molar refractivity (Wildman–Crippen MR) is 89.8 cm³/mol. The molecule has 3 heteroatoms. The molecule has 2 nitrogen and oxygen atoms in total. The summed E-state index contributed by atoms with van der Waals surface area (Å²) >= 11 is 1.75. The number of thiophene rings is 1. The van der Waals surface area contributed by atoms with Crippen LogP contribution in [-0.2, 0) is 0 Å². The van der Waals surface area contributed by atoms with Gasteiger partial charge in [-0.3, -0.25) is 9.97 Å². The van der Waals surface area contributed by atoms with E-state index >= 15 is 0 Å². The second-order valence-electron chi connectivity index (χ2n) is 5.39. The Morgan fingerprint density at radius 3 is 2.71 bits per heavy atom. The largest absolute Gasteiger partial charge is 0.256 e. The predicted octanol–water partition coefficient (Wildman–Crippen LogP) is 5.13. The van der Waals surface area contributed by atoms with E-state index in [0.717, 1.165) is 16.8 Å². The maximum atomic E-state index is 4.67. The second-order valence-corrected chi connectivity index (χ2v) is 6.31. The molecule has 4 aromatic rings. The first kappa shape index (κ1) is 12.5. The molecule has 0 atom stereocenters. The third-order valence-electron chi connectivity index (χ3n) is 3.72. The van der Waals surface area contributed by atoms with Gasteiger partial charge in [-0.15, -0.1) is 11.3 Å². The number of aryl methyl sites for hydroxylation is 2. The minimum absolute atomic E-state index is 1.01. The van der Waals surface area contributed by atoms with Crippen molar-refractivity contribution >= 4 is 32.3 Å². The molecule has 0 saturated heterocycles. The maximum Gasteiger partial charge on any atom is 0.0887 e. The zero-order valence-corrected chi connectivity index (χ0v) is 12.7. The fourth-order valence-corrected chi connectivity index (χ4v) is 3.60. The van der Waals surface area contributed by atoms with Crippen molar-refractivity contribution in [2.24, 2.45) is 0 Å². The van der Waals surface area contributed by atoms with Gasteiger partial charge in [-0.25, -0.2) is 0 Å². The first-order valence-corrected chi connectivity index (χ1v) is 7.80. The molecule has 0 amide bonds. The van der Waals surface area contributed by atoms with Crippen LogP contribution < -0.4 is 0 Å². The molecule has 0 saturated carbocycles. The zero-order valence-electron chi connectivity index (χ0n) is 11.9. The molecular weight excluding hydrogens is 276 g/mol. The lowest BCUT2D eigenvalue weighted by atomic mass is 10.0.